The van der Waals surface area contributed by atoms with Gasteiger partial charge in [0, 0.05) is 12.1 Å². The van der Waals surface area contributed by atoms with E-state index in [4.69, 9.17) is 9.15 Å². The summed E-state index contributed by atoms with van der Waals surface area (Å²) in [6, 6.07) is 13.5. The Morgan fingerprint density at radius 2 is 1.96 bits per heavy atom. The molecule has 0 aliphatic heterocycles. The second kappa shape index (κ2) is 8.05. The maximum atomic E-state index is 13.5. The van der Waals surface area contributed by atoms with E-state index in [0.717, 1.165) is 5.56 Å². The van der Waals surface area contributed by atoms with Crippen molar-refractivity contribution < 1.29 is 18.3 Å². The number of carbonyl (C=O) groups excluding carboxylic acids is 1. The van der Waals surface area contributed by atoms with E-state index in [1.807, 2.05) is 0 Å². The van der Waals surface area contributed by atoms with Gasteiger partial charge in [0.05, 0.1) is 0 Å². The third-order valence-corrected chi connectivity index (χ3v) is 3.51. The molecule has 0 radical (unpaired) electrons. The number of carbonyl (C=O) groups is 1. The van der Waals surface area contributed by atoms with Gasteiger partial charge in [-0.05, 0) is 42.3 Å². The lowest BCUT2D eigenvalue weighted by atomic mass is 10.1. The van der Waals surface area contributed by atoms with Crippen LogP contribution in [0.5, 0.6) is 5.75 Å². The number of aromatic nitrogens is 2. The number of nitrogens with zero attached hydrogens (tertiary/aromatic N) is 2. The highest BCUT2D eigenvalue weighted by atomic mass is 19.1. The molecule has 1 N–H and O–H groups in total. The van der Waals surface area contributed by atoms with Crippen LogP contribution < -0.4 is 10.1 Å². The van der Waals surface area contributed by atoms with E-state index in [2.05, 4.69) is 15.5 Å². The normalized spacial score (nSPS) is 10.4. The first-order valence-corrected chi connectivity index (χ1v) is 7.72. The van der Waals surface area contributed by atoms with Crippen molar-refractivity contribution in [3.63, 3.8) is 0 Å². The van der Waals surface area contributed by atoms with Gasteiger partial charge in [-0.15, -0.1) is 10.2 Å². The second-order valence-electron chi connectivity index (χ2n) is 5.25. The first-order valence-electron chi connectivity index (χ1n) is 7.72. The Bertz CT molecular complexity index is 820. The standard InChI is InChI=1S/C18H16FN3O3/c19-16-4-2-1-3-13(16)9-10-20-17(23)11-24-15-7-5-14(6-8-15)18-22-21-12-25-18/h1-8,12H,9-11H2,(H,20,23). The number of amides is 1. The largest absolute Gasteiger partial charge is 0.484 e. The molecule has 0 fully saturated rings. The molecule has 7 heteroatoms. The Hall–Kier alpha value is -3.22. The molecule has 0 saturated carbocycles. The van der Waals surface area contributed by atoms with Crippen LogP contribution >= 0.6 is 0 Å². The molecule has 0 bridgehead atoms. The predicted octanol–water partition coefficient (Wildman–Crippen LogP) is 2.61. The number of benzene rings is 2. The van der Waals surface area contributed by atoms with E-state index in [0.29, 0.717) is 30.2 Å². The molecular weight excluding hydrogens is 325 g/mol. The summed E-state index contributed by atoms with van der Waals surface area (Å²) in [5, 5.41) is 10.1. The van der Waals surface area contributed by atoms with Crippen LogP contribution in [0.25, 0.3) is 11.5 Å². The van der Waals surface area contributed by atoms with Crippen molar-refractivity contribution in [2.24, 2.45) is 0 Å². The van der Waals surface area contributed by atoms with Crippen molar-refractivity contribution in [1.29, 1.82) is 0 Å². The third-order valence-electron chi connectivity index (χ3n) is 3.51. The van der Waals surface area contributed by atoms with Gasteiger partial charge in [-0.2, -0.15) is 0 Å². The maximum Gasteiger partial charge on any atom is 0.257 e. The highest BCUT2D eigenvalue weighted by Gasteiger charge is 2.06. The average Bonchev–Trinajstić information content (AvgIpc) is 3.17. The summed E-state index contributed by atoms with van der Waals surface area (Å²) >= 11 is 0. The lowest BCUT2D eigenvalue weighted by molar-refractivity contribution is -0.123. The first-order chi connectivity index (χ1) is 12.2. The van der Waals surface area contributed by atoms with E-state index in [-0.39, 0.29) is 18.3 Å². The topological polar surface area (TPSA) is 77.2 Å². The van der Waals surface area contributed by atoms with E-state index >= 15 is 0 Å². The summed E-state index contributed by atoms with van der Waals surface area (Å²) in [5.74, 6) is 0.427. The van der Waals surface area contributed by atoms with Crippen LogP contribution in [0.1, 0.15) is 5.56 Å². The van der Waals surface area contributed by atoms with Gasteiger partial charge < -0.3 is 14.5 Å². The molecule has 25 heavy (non-hydrogen) atoms. The zero-order valence-corrected chi connectivity index (χ0v) is 13.3. The fraction of sp³-hybridized carbons (Fsp3) is 0.167. The minimum Gasteiger partial charge on any atom is -0.484 e. The molecule has 0 unspecified atom stereocenters. The number of halogens is 1. The molecule has 2 aromatic carbocycles. The summed E-state index contributed by atoms with van der Waals surface area (Å²) in [4.78, 5) is 11.8. The van der Waals surface area contributed by atoms with E-state index in [1.54, 1.807) is 42.5 Å². The van der Waals surface area contributed by atoms with Crippen LogP contribution in [0.4, 0.5) is 4.39 Å². The van der Waals surface area contributed by atoms with Crippen LogP contribution in [0.3, 0.4) is 0 Å². The number of nitrogens with one attached hydrogen (secondary N) is 1. The zero-order chi connectivity index (χ0) is 17.5. The number of rotatable bonds is 7. The maximum absolute atomic E-state index is 13.5. The Labute approximate surface area is 143 Å². The minimum atomic E-state index is -0.269. The molecule has 3 aromatic rings. The van der Waals surface area contributed by atoms with Crippen molar-refractivity contribution in [3.05, 3.63) is 66.3 Å². The first kappa shape index (κ1) is 16.6. The zero-order valence-electron chi connectivity index (χ0n) is 13.3. The number of hydrogen-bond acceptors (Lipinski definition) is 5. The monoisotopic (exact) mass is 341 g/mol. The fourth-order valence-electron chi connectivity index (χ4n) is 2.23. The quantitative estimate of drug-likeness (QED) is 0.715. The van der Waals surface area contributed by atoms with Gasteiger partial charge in [-0.1, -0.05) is 18.2 Å². The van der Waals surface area contributed by atoms with Crippen molar-refractivity contribution >= 4 is 5.91 Å². The van der Waals surface area contributed by atoms with E-state index in [9.17, 15) is 9.18 Å². The van der Waals surface area contributed by atoms with E-state index < -0.39 is 0 Å². The van der Waals surface area contributed by atoms with Crippen molar-refractivity contribution in [3.8, 4) is 17.2 Å². The SMILES string of the molecule is O=C(COc1ccc(-c2nnco2)cc1)NCCc1ccccc1F. The molecule has 1 amide bonds. The minimum absolute atomic E-state index is 0.114. The van der Waals surface area contributed by atoms with Gasteiger partial charge in [-0.3, -0.25) is 4.79 Å². The fourth-order valence-corrected chi connectivity index (χ4v) is 2.23. The molecule has 1 aromatic heterocycles. The van der Waals surface area contributed by atoms with Crippen LogP contribution in [-0.4, -0.2) is 29.3 Å². The molecule has 3 rings (SSSR count). The average molecular weight is 341 g/mol. The summed E-state index contributed by atoms with van der Waals surface area (Å²) in [6.07, 6.45) is 1.68. The lowest BCUT2D eigenvalue weighted by Gasteiger charge is -2.08. The van der Waals surface area contributed by atoms with Gasteiger partial charge in [0.25, 0.3) is 5.91 Å². The molecular formula is C18H16FN3O3. The van der Waals surface area contributed by atoms with Crippen molar-refractivity contribution in [1.82, 2.24) is 15.5 Å². The molecule has 0 aliphatic carbocycles. The molecule has 6 nitrogen and oxygen atoms in total. The molecule has 128 valence electrons. The van der Waals surface area contributed by atoms with Gasteiger partial charge in [0.15, 0.2) is 6.61 Å². The van der Waals surface area contributed by atoms with Gasteiger partial charge in [0.2, 0.25) is 12.3 Å². The van der Waals surface area contributed by atoms with Crippen LogP contribution in [0.2, 0.25) is 0 Å². The second-order valence-corrected chi connectivity index (χ2v) is 5.25. The predicted molar refractivity (Wildman–Crippen MR) is 88.3 cm³/mol. The van der Waals surface area contributed by atoms with Crippen molar-refractivity contribution in [2.45, 2.75) is 6.42 Å². The van der Waals surface area contributed by atoms with Crippen LogP contribution in [-0.2, 0) is 11.2 Å². The van der Waals surface area contributed by atoms with Crippen molar-refractivity contribution in [2.75, 3.05) is 13.2 Å². The van der Waals surface area contributed by atoms with Gasteiger partial charge in [0.1, 0.15) is 11.6 Å². The lowest BCUT2D eigenvalue weighted by Crippen LogP contribution is -2.30. The third kappa shape index (κ3) is 4.63. The van der Waals surface area contributed by atoms with Crippen LogP contribution in [0, 0.1) is 5.82 Å². The highest BCUT2D eigenvalue weighted by Crippen LogP contribution is 2.20. The Balaban J connectivity index is 1.42. The van der Waals surface area contributed by atoms with Gasteiger partial charge in [-0.25, -0.2) is 4.39 Å². The number of hydrogen-bond donors (Lipinski definition) is 1. The molecule has 1 heterocycles. The van der Waals surface area contributed by atoms with E-state index in [1.165, 1.54) is 12.5 Å². The number of ether oxygens (including phenoxy) is 1. The Morgan fingerprint density at radius 1 is 1.16 bits per heavy atom. The molecule has 0 spiro atoms. The Morgan fingerprint density at radius 3 is 2.68 bits per heavy atom. The summed E-state index contributed by atoms with van der Waals surface area (Å²) in [6.45, 7) is 0.233. The summed E-state index contributed by atoms with van der Waals surface area (Å²) < 4.78 is 24.0. The summed E-state index contributed by atoms with van der Waals surface area (Å²) in [5.41, 5.74) is 1.33. The van der Waals surface area contributed by atoms with Gasteiger partial charge >= 0.3 is 0 Å². The Kier molecular flexibility index (Phi) is 5.36. The molecule has 0 aliphatic rings. The molecule has 0 saturated heterocycles. The summed E-state index contributed by atoms with van der Waals surface area (Å²) in [7, 11) is 0. The van der Waals surface area contributed by atoms with Crippen LogP contribution in [0.15, 0.2) is 59.3 Å². The molecule has 0 atom stereocenters. The smallest absolute Gasteiger partial charge is 0.257 e. The highest BCUT2D eigenvalue weighted by molar-refractivity contribution is 5.77.